The first-order chi connectivity index (χ1) is 19.8. The van der Waals surface area contributed by atoms with Crippen LogP contribution in [0.5, 0.6) is 0 Å². The minimum absolute atomic E-state index is 0.637. The molecule has 8 rings (SSSR count). The van der Waals surface area contributed by atoms with Crippen molar-refractivity contribution in [2.75, 3.05) is 0 Å². The second-order valence-electron chi connectivity index (χ2n) is 10.0. The van der Waals surface area contributed by atoms with Crippen LogP contribution in [0.15, 0.2) is 136 Å². The average Bonchev–Trinajstić information content (AvgIpc) is 3.58. The number of benzene rings is 6. The van der Waals surface area contributed by atoms with E-state index in [1.807, 2.05) is 60.7 Å². The molecule has 3 nitrogen and oxygen atoms in total. The molecule has 0 radical (unpaired) electrons. The van der Waals surface area contributed by atoms with E-state index in [9.17, 15) is 5.26 Å². The van der Waals surface area contributed by atoms with Gasteiger partial charge in [0, 0.05) is 27.1 Å². The predicted octanol–water partition coefficient (Wildman–Crippen LogP) is 10.4. The van der Waals surface area contributed by atoms with E-state index in [0.29, 0.717) is 5.56 Å². The summed E-state index contributed by atoms with van der Waals surface area (Å²) in [6.07, 6.45) is 0. The van der Waals surface area contributed by atoms with Crippen molar-refractivity contribution in [2.45, 2.75) is 0 Å². The maximum Gasteiger partial charge on any atom is 0.136 e. The van der Waals surface area contributed by atoms with Crippen LogP contribution < -0.4 is 0 Å². The number of hydrogen-bond acceptors (Lipinski definition) is 3. The number of fused-ring (bicyclic) bond motifs is 6. The highest BCUT2D eigenvalue weighted by molar-refractivity contribution is 6.09. The summed E-state index contributed by atoms with van der Waals surface area (Å²) in [4.78, 5) is 0. The van der Waals surface area contributed by atoms with E-state index in [1.165, 1.54) is 0 Å². The number of rotatable bonds is 3. The van der Waals surface area contributed by atoms with Gasteiger partial charge in [-0.1, -0.05) is 84.9 Å². The Morgan fingerprint density at radius 3 is 1.65 bits per heavy atom. The van der Waals surface area contributed by atoms with Gasteiger partial charge in [0.15, 0.2) is 0 Å². The van der Waals surface area contributed by atoms with Crippen LogP contribution in [0.3, 0.4) is 0 Å². The lowest BCUT2D eigenvalue weighted by Gasteiger charge is -2.17. The Balaban J connectivity index is 1.42. The average molecular weight is 512 g/mol. The van der Waals surface area contributed by atoms with E-state index in [0.717, 1.165) is 77.3 Å². The van der Waals surface area contributed by atoms with E-state index in [2.05, 4.69) is 72.8 Å². The third-order valence-corrected chi connectivity index (χ3v) is 7.76. The summed E-state index contributed by atoms with van der Waals surface area (Å²) < 4.78 is 12.5. The van der Waals surface area contributed by atoms with Crippen LogP contribution in [0.25, 0.3) is 77.3 Å². The molecule has 0 spiro atoms. The molecule has 0 N–H and O–H groups in total. The SMILES string of the molecule is N#Cc1ccccc1-c1cccc(-c2ccc3c(c2)oc2ccccc23)c1-c1ccc2c(c1)oc1ccccc12. The van der Waals surface area contributed by atoms with Crippen molar-refractivity contribution < 1.29 is 8.83 Å². The van der Waals surface area contributed by atoms with Gasteiger partial charge in [-0.25, -0.2) is 0 Å². The lowest BCUT2D eigenvalue weighted by Crippen LogP contribution is -1.92. The van der Waals surface area contributed by atoms with Crippen LogP contribution in [-0.2, 0) is 0 Å². The largest absolute Gasteiger partial charge is 0.456 e. The third kappa shape index (κ3) is 3.37. The first-order valence-corrected chi connectivity index (χ1v) is 13.2. The first-order valence-electron chi connectivity index (χ1n) is 13.2. The van der Waals surface area contributed by atoms with Crippen LogP contribution in [0.2, 0.25) is 0 Å². The maximum atomic E-state index is 9.96. The zero-order valence-corrected chi connectivity index (χ0v) is 21.4. The molecule has 0 saturated heterocycles. The van der Waals surface area contributed by atoms with Crippen LogP contribution in [0.4, 0.5) is 0 Å². The number of nitriles is 1. The summed E-state index contributed by atoms with van der Waals surface area (Å²) >= 11 is 0. The molecular weight excluding hydrogens is 490 g/mol. The van der Waals surface area contributed by atoms with Gasteiger partial charge in [0.1, 0.15) is 22.3 Å². The van der Waals surface area contributed by atoms with Crippen molar-refractivity contribution in [1.82, 2.24) is 0 Å². The zero-order chi connectivity index (χ0) is 26.6. The van der Waals surface area contributed by atoms with Gasteiger partial charge in [-0.3, -0.25) is 0 Å². The van der Waals surface area contributed by atoms with Gasteiger partial charge < -0.3 is 8.83 Å². The monoisotopic (exact) mass is 511 g/mol. The molecule has 186 valence electrons. The van der Waals surface area contributed by atoms with Crippen LogP contribution in [0.1, 0.15) is 5.56 Å². The molecule has 40 heavy (non-hydrogen) atoms. The lowest BCUT2D eigenvalue weighted by molar-refractivity contribution is 0.668. The highest BCUT2D eigenvalue weighted by Crippen LogP contribution is 2.43. The first kappa shape index (κ1) is 22.4. The molecule has 0 bridgehead atoms. The fourth-order valence-electron chi connectivity index (χ4n) is 5.92. The van der Waals surface area contributed by atoms with Gasteiger partial charge >= 0.3 is 0 Å². The van der Waals surface area contributed by atoms with E-state index in [4.69, 9.17) is 8.83 Å². The summed E-state index contributed by atoms with van der Waals surface area (Å²) in [7, 11) is 0. The number of para-hydroxylation sites is 2. The van der Waals surface area contributed by atoms with Gasteiger partial charge in [0.2, 0.25) is 0 Å². The molecule has 0 fully saturated rings. The van der Waals surface area contributed by atoms with E-state index in [-0.39, 0.29) is 0 Å². The molecule has 8 aromatic rings. The fraction of sp³-hybridized carbons (Fsp3) is 0. The molecule has 0 amide bonds. The molecule has 0 unspecified atom stereocenters. The fourth-order valence-corrected chi connectivity index (χ4v) is 5.92. The van der Waals surface area contributed by atoms with Gasteiger partial charge in [-0.05, 0) is 70.3 Å². The molecule has 0 saturated carbocycles. The quantitative estimate of drug-likeness (QED) is 0.237. The smallest absolute Gasteiger partial charge is 0.136 e. The minimum atomic E-state index is 0.637. The summed E-state index contributed by atoms with van der Waals surface area (Å²) in [5, 5.41) is 14.3. The Morgan fingerprint density at radius 2 is 0.950 bits per heavy atom. The highest BCUT2D eigenvalue weighted by atomic mass is 16.3. The normalized spacial score (nSPS) is 11.5. The highest BCUT2D eigenvalue weighted by Gasteiger charge is 2.19. The number of furan rings is 2. The molecule has 0 aliphatic rings. The Kier molecular flexibility index (Phi) is 4.89. The molecule has 2 heterocycles. The summed E-state index contributed by atoms with van der Waals surface area (Å²) in [6, 6.07) is 45.5. The van der Waals surface area contributed by atoms with Crippen molar-refractivity contribution >= 4 is 43.9 Å². The van der Waals surface area contributed by atoms with Gasteiger partial charge in [0.05, 0.1) is 11.6 Å². The van der Waals surface area contributed by atoms with Crippen molar-refractivity contribution in [1.29, 1.82) is 5.26 Å². The van der Waals surface area contributed by atoms with Crippen molar-refractivity contribution in [3.63, 3.8) is 0 Å². The zero-order valence-electron chi connectivity index (χ0n) is 21.4. The van der Waals surface area contributed by atoms with Gasteiger partial charge in [-0.15, -0.1) is 0 Å². The Bertz CT molecular complexity index is 2290. The number of nitrogens with zero attached hydrogens (tertiary/aromatic N) is 1. The van der Waals surface area contributed by atoms with E-state index < -0.39 is 0 Å². The maximum absolute atomic E-state index is 9.96. The molecule has 6 aromatic carbocycles. The van der Waals surface area contributed by atoms with Crippen LogP contribution >= 0.6 is 0 Å². The second kappa shape index (κ2) is 8.73. The Labute approximate surface area is 230 Å². The molecule has 0 aliphatic heterocycles. The van der Waals surface area contributed by atoms with Gasteiger partial charge in [0.25, 0.3) is 0 Å². The minimum Gasteiger partial charge on any atom is -0.456 e. The topological polar surface area (TPSA) is 50.1 Å². The number of hydrogen-bond donors (Lipinski definition) is 0. The standard InChI is InChI=1S/C37H21NO2/c38-22-25-8-1-2-9-26(25)32-13-7-12-27(23-16-18-30-28-10-3-5-14-33(28)39-35(30)20-23)37(32)24-17-19-31-29-11-4-6-15-34(29)40-36(31)21-24/h1-21H. The molecular formula is C37H21NO2. The molecule has 2 aromatic heterocycles. The van der Waals surface area contributed by atoms with Crippen LogP contribution in [0, 0.1) is 11.3 Å². The predicted molar refractivity (Wildman–Crippen MR) is 162 cm³/mol. The summed E-state index contributed by atoms with van der Waals surface area (Å²) in [6.45, 7) is 0. The molecule has 0 aliphatic carbocycles. The van der Waals surface area contributed by atoms with Crippen molar-refractivity contribution in [2.24, 2.45) is 0 Å². The summed E-state index contributed by atoms with van der Waals surface area (Å²) in [5.74, 6) is 0. The molecule has 0 atom stereocenters. The second-order valence-corrected chi connectivity index (χ2v) is 10.0. The third-order valence-electron chi connectivity index (χ3n) is 7.76. The van der Waals surface area contributed by atoms with Crippen molar-refractivity contribution in [3.8, 4) is 39.4 Å². The Morgan fingerprint density at radius 1 is 0.425 bits per heavy atom. The van der Waals surface area contributed by atoms with Gasteiger partial charge in [-0.2, -0.15) is 5.26 Å². The van der Waals surface area contributed by atoms with E-state index in [1.54, 1.807) is 0 Å². The molecule has 3 heteroatoms. The lowest BCUT2D eigenvalue weighted by atomic mass is 9.86. The van der Waals surface area contributed by atoms with Crippen molar-refractivity contribution in [3.05, 3.63) is 133 Å². The van der Waals surface area contributed by atoms with E-state index >= 15 is 0 Å². The summed E-state index contributed by atoms with van der Waals surface area (Å²) in [5.41, 5.74) is 10.1. The Hall–Kier alpha value is -5.59. The van der Waals surface area contributed by atoms with Crippen LogP contribution in [-0.4, -0.2) is 0 Å².